The van der Waals surface area contributed by atoms with E-state index in [1.54, 1.807) is 0 Å². The first-order chi connectivity index (χ1) is 24.3. The van der Waals surface area contributed by atoms with Gasteiger partial charge in [-0.3, -0.25) is 15.3 Å². The van der Waals surface area contributed by atoms with Gasteiger partial charge in [0.2, 0.25) is 0 Å². The first kappa shape index (κ1) is 38.0. The fraction of sp³-hybridized carbons (Fsp3) is 0.789. The Balaban J connectivity index is 1.24. The number of hydrogen-bond acceptors (Lipinski definition) is 5. The van der Waals surface area contributed by atoms with Gasteiger partial charge in [0, 0.05) is 50.3 Å². The monoisotopic (exact) mass is 725 g/mol. The number of aliphatic imine (C=N–C) groups is 1. The topological polar surface area (TPSA) is 75.2 Å². The number of nitrogens with one attached hydrogen (secondary N) is 1. The van der Waals surface area contributed by atoms with Crippen molar-refractivity contribution in [2.75, 3.05) is 39.3 Å². The van der Waals surface area contributed by atoms with E-state index in [2.05, 4.69) is 26.6 Å². The van der Waals surface area contributed by atoms with Crippen LogP contribution in [0.5, 0.6) is 0 Å². The molecule has 4 fully saturated rings. The van der Waals surface area contributed by atoms with Crippen molar-refractivity contribution in [3.05, 3.63) is 34.9 Å². The summed E-state index contributed by atoms with van der Waals surface area (Å²) >= 11 is 0. The maximum absolute atomic E-state index is 13.7. The zero-order valence-electron chi connectivity index (χ0n) is 30.1. The van der Waals surface area contributed by atoms with E-state index >= 15 is 0 Å². The normalized spacial score (nSPS) is 26.8. The van der Waals surface area contributed by atoms with Gasteiger partial charge in [0.1, 0.15) is 0 Å². The van der Waals surface area contributed by atoms with Crippen molar-refractivity contribution >= 4 is 11.9 Å². The zero-order valence-corrected chi connectivity index (χ0v) is 30.1. The van der Waals surface area contributed by atoms with Crippen molar-refractivity contribution in [1.29, 1.82) is 5.41 Å². The van der Waals surface area contributed by atoms with E-state index in [9.17, 15) is 31.8 Å². The molecular weight excluding hydrogens is 668 g/mol. The van der Waals surface area contributed by atoms with Crippen LogP contribution in [0.3, 0.4) is 0 Å². The first-order valence-corrected chi connectivity index (χ1v) is 19.5. The van der Waals surface area contributed by atoms with E-state index < -0.39 is 23.5 Å². The quantitative estimate of drug-likeness (QED) is 0.214. The van der Waals surface area contributed by atoms with Crippen LogP contribution in [0.1, 0.15) is 114 Å². The molecule has 286 valence electrons. The van der Waals surface area contributed by atoms with Crippen LogP contribution >= 0.6 is 0 Å². The number of rotatable bonds is 12. The number of nitrogens with zero attached hydrogens (tertiary/aromatic N) is 5. The van der Waals surface area contributed by atoms with Crippen LogP contribution in [0.15, 0.2) is 23.2 Å². The predicted molar refractivity (Wildman–Crippen MR) is 189 cm³/mol. The molecule has 3 heterocycles. The van der Waals surface area contributed by atoms with Gasteiger partial charge in [0.15, 0.2) is 11.9 Å². The van der Waals surface area contributed by atoms with Crippen molar-refractivity contribution in [2.24, 2.45) is 22.6 Å². The molecule has 1 aromatic carbocycles. The fourth-order valence-corrected chi connectivity index (χ4v) is 9.65. The number of likely N-dealkylation sites (tertiary alicyclic amines) is 1. The van der Waals surface area contributed by atoms with Gasteiger partial charge in [-0.1, -0.05) is 64.2 Å². The second kappa shape index (κ2) is 16.1. The number of hydrogen-bond donors (Lipinski definition) is 2. The molecule has 3 aliphatic heterocycles. The summed E-state index contributed by atoms with van der Waals surface area (Å²) in [5, 5.41) is 9.60. The Morgan fingerprint density at radius 3 is 2.04 bits per heavy atom. The molecule has 1 unspecified atom stereocenters. The van der Waals surface area contributed by atoms with E-state index in [-0.39, 0.29) is 42.7 Å². The van der Waals surface area contributed by atoms with E-state index in [0.717, 1.165) is 70.3 Å². The number of nitrogens with two attached hydrogens (primary N) is 1. The average Bonchev–Trinajstić information content (AvgIpc) is 3.76. The molecule has 0 aromatic heterocycles. The summed E-state index contributed by atoms with van der Waals surface area (Å²) in [4.78, 5) is 13.5. The molecule has 2 saturated heterocycles. The summed E-state index contributed by atoms with van der Waals surface area (Å²) in [6, 6.07) is 2.60. The van der Waals surface area contributed by atoms with Gasteiger partial charge in [0.25, 0.3) is 0 Å². The smallest absolute Gasteiger partial charge is 0.370 e. The molecule has 0 spiro atoms. The SMILES string of the molecule is C[C@H]1CN=C(N)N1CC1CCCN1C[C@@H](CC1CCCCC1)N1C[C@@H](CC2CCCCC2)N(CCc2cc(C(F)(F)F)cc(C(F)(F)F)c2)C1=N. The second-order valence-corrected chi connectivity index (χ2v) is 16.1. The lowest BCUT2D eigenvalue weighted by atomic mass is 9.84. The minimum atomic E-state index is -4.89. The molecule has 3 N–H and O–H groups in total. The van der Waals surface area contributed by atoms with Gasteiger partial charge in [-0.15, -0.1) is 0 Å². The largest absolute Gasteiger partial charge is 0.416 e. The number of benzene rings is 1. The minimum absolute atomic E-state index is 0.00169. The predicted octanol–water partition coefficient (Wildman–Crippen LogP) is 7.98. The van der Waals surface area contributed by atoms with Crippen LogP contribution < -0.4 is 5.73 Å². The van der Waals surface area contributed by atoms with E-state index in [4.69, 9.17) is 5.73 Å². The van der Waals surface area contributed by atoms with Gasteiger partial charge < -0.3 is 20.4 Å². The molecule has 0 bridgehead atoms. The van der Waals surface area contributed by atoms with Crippen molar-refractivity contribution in [1.82, 2.24) is 19.6 Å². The summed E-state index contributed by atoms with van der Waals surface area (Å²) in [6.07, 6.45) is 6.19. The highest BCUT2D eigenvalue weighted by Crippen LogP contribution is 2.38. The highest BCUT2D eigenvalue weighted by Gasteiger charge is 2.42. The number of alkyl halides is 6. The second-order valence-electron chi connectivity index (χ2n) is 16.1. The number of halogens is 6. The van der Waals surface area contributed by atoms with Crippen LogP contribution in [0.4, 0.5) is 26.3 Å². The Kier molecular flexibility index (Phi) is 12.0. The summed E-state index contributed by atoms with van der Waals surface area (Å²) in [5.74, 6) is 2.08. The van der Waals surface area contributed by atoms with Gasteiger partial charge >= 0.3 is 12.4 Å². The molecule has 2 saturated carbocycles. The Bertz CT molecular complexity index is 1320. The highest BCUT2D eigenvalue weighted by atomic mass is 19.4. The van der Waals surface area contributed by atoms with Crippen molar-refractivity contribution < 1.29 is 26.3 Å². The molecule has 0 radical (unpaired) electrons. The van der Waals surface area contributed by atoms with Gasteiger partial charge in [0.05, 0.1) is 17.7 Å². The van der Waals surface area contributed by atoms with Crippen molar-refractivity contribution in [3.8, 4) is 0 Å². The standard InChI is InChI=1S/C38H57F6N7/c1-26-22-47-35(45)50(26)24-32-13-8-15-48(32)23-33(19-27-9-4-2-5-10-27)51-25-34(20-28-11-6-3-7-12-28)49(36(51)46)16-14-29-17-30(37(39,40)41)21-31(18-29)38(42,43)44/h17-18,21,26-28,32-34,46H,2-16,19-20,22-25H2,1H3,(H2,45,47)/t26-,32?,33+,34+/m0/s1. The summed E-state index contributed by atoms with van der Waals surface area (Å²) < 4.78 is 82.2. The molecule has 51 heavy (non-hydrogen) atoms. The van der Waals surface area contributed by atoms with Gasteiger partial charge in [-0.25, -0.2) is 0 Å². The lowest BCUT2D eigenvalue weighted by molar-refractivity contribution is -0.143. The van der Waals surface area contributed by atoms with Gasteiger partial charge in [-0.05, 0) is 81.2 Å². The third kappa shape index (κ3) is 9.46. The fourth-order valence-electron chi connectivity index (χ4n) is 9.65. The molecule has 6 rings (SSSR count). The van der Waals surface area contributed by atoms with E-state index in [0.29, 0.717) is 42.9 Å². The number of guanidine groups is 2. The maximum Gasteiger partial charge on any atom is 0.416 e. The molecule has 7 nitrogen and oxygen atoms in total. The van der Waals surface area contributed by atoms with Crippen LogP contribution in [-0.2, 0) is 18.8 Å². The highest BCUT2D eigenvalue weighted by molar-refractivity contribution is 5.80. The van der Waals surface area contributed by atoms with Crippen LogP contribution in [0, 0.1) is 17.2 Å². The lowest BCUT2D eigenvalue weighted by Crippen LogP contribution is -2.52. The van der Waals surface area contributed by atoms with Crippen LogP contribution in [-0.4, -0.2) is 95.0 Å². The molecule has 0 amide bonds. The van der Waals surface area contributed by atoms with E-state index in [1.165, 1.54) is 51.4 Å². The summed E-state index contributed by atoms with van der Waals surface area (Å²) in [7, 11) is 0. The Morgan fingerprint density at radius 1 is 0.824 bits per heavy atom. The van der Waals surface area contributed by atoms with E-state index in [1.807, 2.05) is 4.90 Å². The molecule has 2 aliphatic carbocycles. The minimum Gasteiger partial charge on any atom is -0.370 e. The van der Waals surface area contributed by atoms with Crippen molar-refractivity contribution in [3.63, 3.8) is 0 Å². The molecule has 5 aliphatic rings. The van der Waals surface area contributed by atoms with Crippen molar-refractivity contribution in [2.45, 2.75) is 140 Å². The third-order valence-electron chi connectivity index (χ3n) is 12.5. The third-order valence-corrected chi connectivity index (χ3v) is 12.5. The first-order valence-electron chi connectivity index (χ1n) is 19.5. The molecular formula is C38H57F6N7. The Labute approximate surface area is 299 Å². The van der Waals surface area contributed by atoms with Crippen LogP contribution in [0.25, 0.3) is 0 Å². The maximum atomic E-state index is 13.7. The summed E-state index contributed by atoms with van der Waals surface area (Å²) in [6.45, 7) is 6.39. The van der Waals surface area contributed by atoms with Gasteiger partial charge in [-0.2, -0.15) is 26.3 Å². The molecule has 4 atom stereocenters. The summed E-state index contributed by atoms with van der Waals surface area (Å²) in [5.41, 5.74) is 3.71. The van der Waals surface area contributed by atoms with Crippen LogP contribution in [0.2, 0.25) is 0 Å². The Morgan fingerprint density at radius 2 is 1.45 bits per heavy atom. The lowest BCUT2D eigenvalue weighted by Gasteiger charge is -2.39. The Hall–Kier alpha value is -2.70. The average molecular weight is 726 g/mol. The molecule has 1 aromatic rings. The molecule has 13 heteroatoms. The zero-order chi connectivity index (χ0) is 36.3.